The van der Waals surface area contributed by atoms with Gasteiger partial charge in [0.1, 0.15) is 6.54 Å². The fourth-order valence-electron chi connectivity index (χ4n) is 3.18. The highest BCUT2D eigenvalue weighted by Crippen LogP contribution is 2.23. The first-order chi connectivity index (χ1) is 11.7. The molecule has 3 heterocycles. The van der Waals surface area contributed by atoms with Crippen molar-refractivity contribution in [1.82, 2.24) is 19.2 Å². The maximum atomic E-state index is 12.6. The summed E-state index contributed by atoms with van der Waals surface area (Å²) in [4.78, 5) is 19.3. The zero-order chi connectivity index (χ0) is 16.7. The molecule has 1 aliphatic rings. The Bertz CT molecular complexity index is 1030. The van der Waals surface area contributed by atoms with Crippen LogP contribution in [0.1, 0.15) is 16.8 Å². The fraction of sp³-hybridized carbons (Fsp3) is 0.294. The lowest BCUT2D eigenvalue weighted by Crippen LogP contribution is -2.34. The maximum Gasteiger partial charge on any atom is 0.354 e. The second kappa shape index (κ2) is 5.49. The van der Waals surface area contributed by atoms with Crippen LogP contribution in [0, 0.1) is 18.3 Å². The SMILES string of the molecule is Cc1cc2nn(CC#N)c(=O)n2c(N2CCc3ccccc3C2)n1. The third kappa shape index (κ3) is 2.24. The molecule has 0 amide bonds. The second-order valence-electron chi connectivity index (χ2n) is 5.93. The van der Waals surface area contributed by atoms with Crippen molar-refractivity contribution < 1.29 is 0 Å². The zero-order valence-electron chi connectivity index (χ0n) is 13.3. The number of nitriles is 1. The molecule has 0 aliphatic carbocycles. The van der Waals surface area contributed by atoms with Crippen LogP contribution >= 0.6 is 0 Å². The molecular weight excluding hydrogens is 304 g/mol. The van der Waals surface area contributed by atoms with E-state index in [1.165, 1.54) is 20.2 Å². The van der Waals surface area contributed by atoms with Gasteiger partial charge in [-0.3, -0.25) is 0 Å². The van der Waals surface area contributed by atoms with Crippen LogP contribution in [0.3, 0.4) is 0 Å². The second-order valence-corrected chi connectivity index (χ2v) is 5.93. The molecule has 3 aromatic rings. The molecule has 1 aromatic carbocycles. The van der Waals surface area contributed by atoms with Gasteiger partial charge in [0, 0.05) is 24.8 Å². The average molecular weight is 320 g/mol. The zero-order valence-corrected chi connectivity index (χ0v) is 13.3. The first-order valence-corrected chi connectivity index (χ1v) is 7.83. The Kier molecular flexibility index (Phi) is 3.31. The highest BCUT2D eigenvalue weighted by Gasteiger charge is 2.22. The van der Waals surface area contributed by atoms with Crippen LogP contribution < -0.4 is 10.6 Å². The molecule has 2 aromatic heterocycles. The van der Waals surface area contributed by atoms with Gasteiger partial charge in [-0.1, -0.05) is 24.3 Å². The predicted molar refractivity (Wildman–Crippen MR) is 88.8 cm³/mol. The summed E-state index contributed by atoms with van der Waals surface area (Å²) in [5, 5.41) is 13.1. The lowest BCUT2D eigenvalue weighted by molar-refractivity contribution is 0.666. The number of hydrogen-bond donors (Lipinski definition) is 0. The standard InChI is InChI=1S/C17H16N6O/c1-12-10-15-20-22(9-7-18)17(24)23(15)16(19-12)21-8-6-13-4-2-3-5-14(13)11-21/h2-5,10H,6,8-9,11H2,1H3. The highest BCUT2D eigenvalue weighted by molar-refractivity contribution is 5.49. The number of rotatable bonds is 2. The molecule has 0 fully saturated rings. The number of nitrogens with zero attached hydrogens (tertiary/aromatic N) is 6. The molecule has 1 aliphatic heterocycles. The Balaban J connectivity index is 1.85. The molecule has 0 unspecified atom stereocenters. The van der Waals surface area contributed by atoms with E-state index in [4.69, 9.17) is 5.26 Å². The molecule has 0 saturated heterocycles. The lowest BCUT2D eigenvalue weighted by atomic mass is 10.0. The van der Waals surface area contributed by atoms with Gasteiger partial charge in [-0.2, -0.15) is 9.94 Å². The van der Waals surface area contributed by atoms with Crippen LogP contribution in [0.2, 0.25) is 0 Å². The van der Waals surface area contributed by atoms with E-state index in [0.29, 0.717) is 18.1 Å². The summed E-state index contributed by atoms with van der Waals surface area (Å²) in [6.07, 6.45) is 0.911. The van der Waals surface area contributed by atoms with E-state index in [2.05, 4.69) is 27.1 Å². The molecule has 0 radical (unpaired) electrons. The van der Waals surface area contributed by atoms with Crippen molar-refractivity contribution in [2.75, 3.05) is 11.4 Å². The molecule has 0 atom stereocenters. The molecule has 7 nitrogen and oxygen atoms in total. The van der Waals surface area contributed by atoms with Crippen LogP contribution in [0.15, 0.2) is 35.1 Å². The summed E-state index contributed by atoms with van der Waals surface area (Å²) in [5.41, 5.74) is 3.58. The fourth-order valence-corrected chi connectivity index (χ4v) is 3.18. The monoisotopic (exact) mass is 320 g/mol. The molecular formula is C17H16N6O. The molecule has 24 heavy (non-hydrogen) atoms. The smallest absolute Gasteiger partial charge is 0.337 e. The molecule has 7 heteroatoms. The van der Waals surface area contributed by atoms with Crippen molar-refractivity contribution in [2.45, 2.75) is 26.4 Å². The van der Waals surface area contributed by atoms with E-state index in [9.17, 15) is 4.79 Å². The Hall–Kier alpha value is -3.14. The van der Waals surface area contributed by atoms with E-state index in [1.54, 1.807) is 6.07 Å². The molecule has 120 valence electrons. The summed E-state index contributed by atoms with van der Waals surface area (Å²) in [6, 6.07) is 12.1. The van der Waals surface area contributed by atoms with Crippen molar-refractivity contribution in [1.29, 1.82) is 5.26 Å². The van der Waals surface area contributed by atoms with Gasteiger partial charge in [-0.15, -0.1) is 5.10 Å². The van der Waals surface area contributed by atoms with Gasteiger partial charge >= 0.3 is 5.69 Å². The van der Waals surface area contributed by atoms with Crippen molar-refractivity contribution in [3.63, 3.8) is 0 Å². The molecule has 0 spiro atoms. The van der Waals surface area contributed by atoms with Gasteiger partial charge in [-0.25, -0.2) is 14.2 Å². The molecule has 0 bridgehead atoms. The first-order valence-electron chi connectivity index (χ1n) is 7.83. The van der Waals surface area contributed by atoms with Crippen molar-refractivity contribution >= 4 is 11.6 Å². The maximum absolute atomic E-state index is 12.6. The summed E-state index contributed by atoms with van der Waals surface area (Å²) < 4.78 is 2.68. The Labute approximate surface area is 138 Å². The third-order valence-electron chi connectivity index (χ3n) is 4.31. The summed E-state index contributed by atoms with van der Waals surface area (Å²) >= 11 is 0. The number of benzene rings is 1. The van der Waals surface area contributed by atoms with Gasteiger partial charge in [-0.05, 0) is 24.5 Å². The molecule has 0 N–H and O–H groups in total. The normalized spacial score (nSPS) is 13.8. The highest BCUT2D eigenvalue weighted by atomic mass is 16.2. The molecule has 0 saturated carbocycles. The van der Waals surface area contributed by atoms with Crippen LogP contribution in [0.5, 0.6) is 0 Å². The lowest BCUT2D eigenvalue weighted by Gasteiger charge is -2.29. The van der Waals surface area contributed by atoms with Crippen LogP contribution in [-0.4, -0.2) is 25.7 Å². The van der Waals surface area contributed by atoms with Crippen molar-refractivity contribution in [3.8, 4) is 6.07 Å². The minimum Gasteiger partial charge on any atom is -0.337 e. The number of anilines is 1. The number of fused-ring (bicyclic) bond motifs is 2. The minimum absolute atomic E-state index is 0.0676. The van der Waals surface area contributed by atoms with Gasteiger partial charge in [0.15, 0.2) is 5.65 Å². The Morgan fingerprint density at radius 1 is 1.29 bits per heavy atom. The number of aromatic nitrogens is 4. The van der Waals surface area contributed by atoms with Crippen molar-refractivity contribution in [3.05, 3.63) is 57.6 Å². The van der Waals surface area contributed by atoms with Crippen LogP contribution in [0.25, 0.3) is 5.65 Å². The van der Waals surface area contributed by atoms with Crippen LogP contribution in [0.4, 0.5) is 5.95 Å². The van der Waals surface area contributed by atoms with E-state index >= 15 is 0 Å². The molecule has 4 rings (SSSR count). The van der Waals surface area contributed by atoms with Gasteiger partial charge in [0.05, 0.1) is 6.07 Å². The summed E-state index contributed by atoms with van der Waals surface area (Å²) in [5.74, 6) is 0.591. The van der Waals surface area contributed by atoms with E-state index < -0.39 is 0 Å². The van der Waals surface area contributed by atoms with E-state index in [1.807, 2.05) is 25.1 Å². The minimum atomic E-state index is -0.326. The van der Waals surface area contributed by atoms with Gasteiger partial charge in [0.2, 0.25) is 5.95 Å². The van der Waals surface area contributed by atoms with E-state index in [0.717, 1.165) is 18.7 Å². The number of aryl methyl sites for hydroxylation is 1. The Morgan fingerprint density at radius 3 is 2.88 bits per heavy atom. The van der Waals surface area contributed by atoms with Crippen LogP contribution in [-0.2, 0) is 19.5 Å². The number of hydrogen-bond acceptors (Lipinski definition) is 5. The Morgan fingerprint density at radius 2 is 2.08 bits per heavy atom. The van der Waals surface area contributed by atoms with Crippen molar-refractivity contribution in [2.24, 2.45) is 0 Å². The summed E-state index contributed by atoms with van der Waals surface area (Å²) in [6.45, 7) is 3.31. The first kappa shape index (κ1) is 14.5. The largest absolute Gasteiger partial charge is 0.354 e. The topological polar surface area (TPSA) is 79.2 Å². The quantitative estimate of drug-likeness (QED) is 0.711. The third-order valence-corrected chi connectivity index (χ3v) is 4.31. The summed E-state index contributed by atoms with van der Waals surface area (Å²) in [7, 11) is 0. The average Bonchev–Trinajstić information content (AvgIpc) is 2.90. The predicted octanol–water partition coefficient (Wildman–Crippen LogP) is 1.29. The van der Waals surface area contributed by atoms with E-state index in [-0.39, 0.29) is 12.2 Å². The van der Waals surface area contributed by atoms with Gasteiger partial charge in [0.25, 0.3) is 0 Å². The van der Waals surface area contributed by atoms with Gasteiger partial charge < -0.3 is 4.90 Å².